The summed E-state index contributed by atoms with van der Waals surface area (Å²) in [7, 11) is 0. The summed E-state index contributed by atoms with van der Waals surface area (Å²) in [5.74, 6) is 0.280. The van der Waals surface area contributed by atoms with Crippen LogP contribution in [0.3, 0.4) is 0 Å². The predicted octanol–water partition coefficient (Wildman–Crippen LogP) is 3.12. The number of hydrogen-bond donors (Lipinski definition) is 1. The molecule has 0 aliphatic carbocycles. The number of nitrogens with zero attached hydrogens (tertiary/aromatic N) is 1. The SMILES string of the molecule is CC(C)=CC(=O)NC[C@@H]1CCCN(Cc2ccccc2F)C1. The van der Waals surface area contributed by atoms with Crippen LogP contribution in [0.15, 0.2) is 35.9 Å². The number of carbonyl (C=O) groups is 1. The van der Waals surface area contributed by atoms with Crippen LogP contribution in [0.2, 0.25) is 0 Å². The monoisotopic (exact) mass is 304 g/mol. The number of likely N-dealkylation sites (tertiary alicyclic amines) is 1. The maximum Gasteiger partial charge on any atom is 0.243 e. The summed E-state index contributed by atoms with van der Waals surface area (Å²) >= 11 is 0. The number of hydrogen-bond acceptors (Lipinski definition) is 2. The van der Waals surface area contributed by atoms with Crippen LogP contribution in [-0.4, -0.2) is 30.4 Å². The van der Waals surface area contributed by atoms with Gasteiger partial charge in [-0.05, 0) is 45.2 Å². The van der Waals surface area contributed by atoms with Crippen LogP contribution in [0.5, 0.6) is 0 Å². The Morgan fingerprint density at radius 3 is 2.91 bits per heavy atom. The van der Waals surface area contributed by atoms with Gasteiger partial charge in [0, 0.05) is 31.3 Å². The van der Waals surface area contributed by atoms with Gasteiger partial charge in [-0.25, -0.2) is 4.39 Å². The fraction of sp³-hybridized carbons (Fsp3) is 0.500. The van der Waals surface area contributed by atoms with E-state index in [1.54, 1.807) is 12.1 Å². The van der Waals surface area contributed by atoms with E-state index in [9.17, 15) is 9.18 Å². The minimum atomic E-state index is -0.138. The molecule has 1 N–H and O–H groups in total. The van der Waals surface area contributed by atoms with E-state index in [4.69, 9.17) is 0 Å². The molecule has 1 aliphatic rings. The molecule has 0 spiro atoms. The van der Waals surface area contributed by atoms with Gasteiger partial charge in [0.05, 0.1) is 0 Å². The van der Waals surface area contributed by atoms with Crippen molar-refractivity contribution in [1.29, 1.82) is 0 Å². The Labute approximate surface area is 132 Å². The number of rotatable bonds is 5. The highest BCUT2D eigenvalue weighted by Crippen LogP contribution is 2.19. The van der Waals surface area contributed by atoms with Crippen molar-refractivity contribution in [2.45, 2.75) is 33.2 Å². The molecule has 1 aromatic rings. The first kappa shape index (κ1) is 16.7. The van der Waals surface area contributed by atoms with Crippen LogP contribution in [0.4, 0.5) is 4.39 Å². The molecule has 1 saturated heterocycles. The fourth-order valence-electron chi connectivity index (χ4n) is 2.89. The molecular weight excluding hydrogens is 279 g/mol. The number of allylic oxidation sites excluding steroid dienone is 1. The highest BCUT2D eigenvalue weighted by molar-refractivity contribution is 5.87. The lowest BCUT2D eigenvalue weighted by Crippen LogP contribution is -2.40. The van der Waals surface area contributed by atoms with E-state index >= 15 is 0 Å². The minimum Gasteiger partial charge on any atom is -0.352 e. The third-order valence-corrected chi connectivity index (χ3v) is 3.94. The highest BCUT2D eigenvalue weighted by atomic mass is 19.1. The summed E-state index contributed by atoms with van der Waals surface area (Å²) in [6.07, 6.45) is 3.83. The predicted molar refractivity (Wildman–Crippen MR) is 86.8 cm³/mol. The molecule has 1 amide bonds. The fourth-order valence-corrected chi connectivity index (χ4v) is 2.89. The second kappa shape index (κ2) is 8.08. The van der Waals surface area contributed by atoms with Gasteiger partial charge in [0.1, 0.15) is 5.82 Å². The first-order valence-electron chi connectivity index (χ1n) is 7.93. The molecule has 0 radical (unpaired) electrons. The summed E-state index contributed by atoms with van der Waals surface area (Å²) in [6, 6.07) is 6.95. The Hall–Kier alpha value is -1.68. The van der Waals surface area contributed by atoms with Crippen LogP contribution in [-0.2, 0) is 11.3 Å². The third kappa shape index (κ3) is 5.26. The van der Waals surface area contributed by atoms with Gasteiger partial charge in [-0.15, -0.1) is 0 Å². The van der Waals surface area contributed by atoms with E-state index in [-0.39, 0.29) is 11.7 Å². The molecular formula is C18H25FN2O. The topological polar surface area (TPSA) is 32.3 Å². The Balaban J connectivity index is 1.83. The highest BCUT2D eigenvalue weighted by Gasteiger charge is 2.20. The standard InChI is InChI=1S/C18H25FN2O/c1-14(2)10-18(22)20-11-15-6-5-9-21(12-15)13-16-7-3-4-8-17(16)19/h3-4,7-8,10,15H,5-6,9,11-13H2,1-2H3,(H,20,22)/t15-/m0/s1. The number of benzene rings is 1. The number of piperidine rings is 1. The Bertz CT molecular complexity index is 538. The Kier molecular flexibility index (Phi) is 6.13. The molecule has 120 valence electrons. The van der Waals surface area contributed by atoms with Gasteiger partial charge in [0.25, 0.3) is 0 Å². The van der Waals surface area contributed by atoms with Crippen LogP contribution in [0.1, 0.15) is 32.3 Å². The van der Waals surface area contributed by atoms with E-state index in [2.05, 4.69) is 10.2 Å². The summed E-state index contributed by atoms with van der Waals surface area (Å²) in [4.78, 5) is 13.9. The Morgan fingerprint density at radius 2 is 2.18 bits per heavy atom. The summed E-state index contributed by atoms with van der Waals surface area (Å²) < 4.78 is 13.7. The smallest absolute Gasteiger partial charge is 0.243 e. The maximum atomic E-state index is 13.7. The minimum absolute atomic E-state index is 0.0220. The van der Waals surface area contributed by atoms with E-state index in [1.807, 2.05) is 26.0 Å². The van der Waals surface area contributed by atoms with Crippen LogP contribution in [0, 0.1) is 11.7 Å². The van der Waals surface area contributed by atoms with Crippen molar-refractivity contribution in [3.8, 4) is 0 Å². The maximum absolute atomic E-state index is 13.7. The number of halogens is 1. The van der Waals surface area contributed by atoms with Crippen molar-refractivity contribution in [2.75, 3.05) is 19.6 Å². The largest absolute Gasteiger partial charge is 0.352 e. The second-order valence-electron chi connectivity index (χ2n) is 6.30. The van der Waals surface area contributed by atoms with E-state index in [0.29, 0.717) is 19.0 Å². The van der Waals surface area contributed by atoms with Crippen molar-refractivity contribution >= 4 is 5.91 Å². The third-order valence-electron chi connectivity index (χ3n) is 3.94. The van der Waals surface area contributed by atoms with Gasteiger partial charge in [0.15, 0.2) is 0 Å². The van der Waals surface area contributed by atoms with E-state index in [1.165, 1.54) is 6.07 Å². The average Bonchev–Trinajstić information content (AvgIpc) is 2.47. The Morgan fingerprint density at radius 1 is 1.41 bits per heavy atom. The molecule has 3 nitrogen and oxygen atoms in total. The van der Waals surface area contributed by atoms with Crippen molar-refractivity contribution in [1.82, 2.24) is 10.2 Å². The molecule has 1 aromatic carbocycles. The van der Waals surface area contributed by atoms with Gasteiger partial charge < -0.3 is 5.32 Å². The number of nitrogens with one attached hydrogen (secondary N) is 1. The average molecular weight is 304 g/mol. The molecule has 1 heterocycles. The lowest BCUT2D eigenvalue weighted by Gasteiger charge is -2.32. The molecule has 1 atom stereocenters. The lowest BCUT2D eigenvalue weighted by molar-refractivity contribution is -0.116. The number of amides is 1. The molecule has 0 aromatic heterocycles. The molecule has 0 saturated carbocycles. The molecule has 0 unspecified atom stereocenters. The van der Waals surface area contributed by atoms with Crippen molar-refractivity contribution in [2.24, 2.45) is 5.92 Å². The van der Waals surface area contributed by atoms with Gasteiger partial charge in [-0.2, -0.15) is 0 Å². The van der Waals surface area contributed by atoms with Crippen LogP contribution >= 0.6 is 0 Å². The molecule has 2 rings (SSSR count). The molecule has 1 aliphatic heterocycles. The van der Waals surface area contributed by atoms with Gasteiger partial charge >= 0.3 is 0 Å². The van der Waals surface area contributed by atoms with Crippen molar-refractivity contribution < 1.29 is 9.18 Å². The van der Waals surface area contributed by atoms with Crippen molar-refractivity contribution in [3.05, 3.63) is 47.3 Å². The zero-order valence-electron chi connectivity index (χ0n) is 13.4. The van der Waals surface area contributed by atoms with Gasteiger partial charge in [-0.3, -0.25) is 9.69 Å². The first-order chi connectivity index (χ1) is 10.5. The first-order valence-corrected chi connectivity index (χ1v) is 7.93. The second-order valence-corrected chi connectivity index (χ2v) is 6.30. The summed E-state index contributed by atoms with van der Waals surface area (Å²) in [5, 5.41) is 2.96. The summed E-state index contributed by atoms with van der Waals surface area (Å²) in [5.41, 5.74) is 1.75. The molecule has 0 bridgehead atoms. The van der Waals surface area contributed by atoms with E-state index < -0.39 is 0 Å². The zero-order chi connectivity index (χ0) is 15.9. The van der Waals surface area contributed by atoms with E-state index in [0.717, 1.165) is 37.1 Å². The molecule has 1 fully saturated rings. The molecule has 22 heavy (non-hydrogen) atoms. The lowest BCUT2D eigenvalue weighted by atomic mass is 9.97. The van der Waals surface area contributed by atoms with Crippen molar-refractivity contribution in [3.63, 3.8) is 0 Å². The normalized spacial score (nSPS) is 18.8. The van der Waals surface area contributed by atoms with Crippen LogP contribution in [0.25, 0.3) is 0 Å². The molecule has 4 heteroatoms. The quantitative estimate of drug-likeness (QED) is 0.848. The summed E-state index contributed by atoms with van der Waals surface area (Å²) in [6.45, 7) is 7.06. The van der Waals surface area contributed by atoms with Gasteiger partial charge in [0.2, 0.25) is 5.91 Å². The van der Waals surface area contributed by atoms with Gasteiger partial charge in [-0.1, -0.05) is 23.8 Å². The number of carbonyl (C=O) groups excluding carboxylic acids is 1. The zero-order valence-corrected chi connectivity index (χ0v) is 13.4. The van der Waals surface area contributed by atoms with Crippen LogP contribution < -0.4 is 5.32 Å².